The third-order valence-corrected chi connectivity index (χ3v) is 3.44. The van der Waals surface area contributed by atoms with Crippen molar-refractivity contribution in [2.24, 2.45) is 0 Å². The van der Waals surface area contributed by atoms with Crippen LogP contribution in [0.4, 0.5) is 0 Å². The second-order valence-electron chi connectivity index (χ2n) is 3.71. The monoisotopic (exact) mass is 298 g/mol. The van der Waals surface area contributed by atoms with Gasteiger partial charge in [0.2, 0.25) is 5.78 Å². The van der Waals surface area contributed by atoms with Gasteiger partial charge in [0.25, 0.3) is 0 Å². The summed E-state index contributed by atoms with van der Waals surface area (Å²) in [7, 11) is 3.10. The minimum Gasteiger partial charge on any atom is -0.497 e. The predicted molar refractivity (Wildman–Crippen MR) is 71.2 cm³/mol. The zero-order valence-electron chi connectivity index (χ0n) is 10.3. The topological polar surface area (TPSA) is 35.5 Å². The zero-order valence-corrected chi connectivity index (χ0v) is 11.9. The Morgan fingerprint density at radius 2 is 1.82 bits per heavy atom. The van der Waals surface area contributed by atoms with Gasteiger partial charge in [0, 0.05) is 6.07 Å². The fourth-order valence-electron chi connectivity index (χ4n) is 1.33. The summed E-state index contributed by atoms with van der Waals surface area (Å²) in [4.78, 5) is 12.1. The fraction of sp³-hybridized carbons (Fsp3) is 0.308. The Morgan fingerprint density at radius 3 is 2.29 bits per heavy atom. The molecule has 0 aliphatic rings. The Bertz CT molecular complexity index is 460. The van der Waals surface area contributed by atoms with Crippen molar-refractivity contribution in [1.29, 1.82) is 0 Å². The summed E-state index contributed by atoms with van der Waals surface area (Å²) in [5.74, 6) is 1.07. The molecule has 0 radical (unpaired) electrons. The highest BCUT2D eigenvalue weighted by molar-refractivity contribution is 9.12. The number of halogens is 1. The first kappa shape index (κ1) is 13.8. The molecule has 0 fully saturated rings. The molecule has 0 bridgehead atoms. The van der Waals surface area contributed by atoms with Crippen LogP contribution in [0, 0.1) is 0 Å². The van der Waals surface area contributed by atoms with Crippen LogP contribution >= 0.6 is 15.9 Å². The van der Waals surface area contributed by atoms with Crippen molar-refractivity contribution in [3.05, 3.63) is 33.8 Å². The number of carbonyl (C=O) groups is 1. The van der Waals surface area contributed by atoms with Crippen molar-refractivity contribution in [2.75, 3.05) is 14.2 Å². The predicted octanol–water partition coefficient (Wildman–Crippen LogP) is 3.58. The molecule has 0 saturated carbocycles. The molecule has 0 heterocycles. The van der Waals surface area contributed by atoms with Gasteiger partial charge in [-0.3, -0.25) is 4.79 Å². The molecular weight excluding hydrogens is 284 g/mol. The lowest BCUT2D eigenvalue weighted by atomic mass is 10.1. The molecule has 92 valence electrons. The Morgan fingerprint density at radius 1 is 1.18 bits per heavy atom. The number of carbonyl (C=O) groups excluding carboxylic acids is 1. The van der Waals surface area contributed by atoms with Crippen molar-refractivity contribution in [3.63, 3.8) is 0 Å². The van der Waals surface area contributed by atoms with Crippen molar-refractivity contribution >= 4 is 21.7 Å². The molecule has 1 aromatic rings. The van der Waals surface area contributed by atoms with Crippen LogP contribution in [0.1, 0.15) is 24.2 Å². The fourth-order valence-corrected chi connectivity index (χ4v) is 1.54. The maximum atomic E-state index is 12.1. The van der Waals surface area contributed by atoms with Gasteiger partial charge >= 0.3 is 0 Å². The first-order valence-corrected chi connectivity index (χ1v) is 5.90. The summed E-state index contributed by atoms with van der Waals surface area (Å²) in [5.41, 5.74) is 1.44. The first-order chi connectivity index (χ1) is 8.01. The van der Waals surface area contributed by atoms with Crippen LogP contribution in [0.5, 0.6) is 11.5 Å². The van der Waals surface area contributed by atoms with Gasteiger partial charge in [-0.15, -0.1) is 0 Å². The number of Topliss-reactive ketones (excluding diaryl/α,β-unsaturated/α-hetero) is 1. The number of hydrogen-bond donors (Lipinski definition) is 0. The average molecular weight is 299 g/mol. The normalized spacial score (nSPS) is 9.71. The summed E-state index contributed by atoms with van der Waals surface area (Å²) in [6, 6.07) is 5.13. The summed E-state index contributed by atoms with van der Waals surface area (Å²) < 4.78 is 10.8. The highest BCUT2D eigenvalue weighted by Crippen LogP contribution is 2.28. The molecule has 0 unspecified atom stereocenters. The van der Waals surface area contributed by atoms with Gasteiger partial charge < -0.3 is 9.47 Å². The number of ether oxygens (including phenoxy) is 2. The molecule has 0 N–H and O–H groups in total. The SMILES string of the molecule is COc1ccc(C(=O)C(Br)=C(C)C)c(OC)c1. The standard InChI is InChI=1S/C13H15BrO3/c1-8(2)12(14)13(15)10-6-5-9(16-3)7-11(10)17-4/h5-7H,1-4H3. The minimum absolute atomic E-state index is 0.0931. The van der Waals surface area contributed by atoms with Crippen LogP contribution in [-0.2, 0) is 0 Å². The molecule has 1 aromatic carbocycles. The maximum Gasteiger partial charge on any atom is 0.203 e. The molecular formula is C13H15BrO3. The quantitative estimate of drug-likeness (QED) is 0.630. The van der Waals surface area contributed by atoms with E-state index in [0.717, 1.165) is 5.57 Å². The Hall–Kier alpha value is -1.29. The summed E-state index contributed by atoms with van der Waals surface area (Å²) in [5, 5.41) is 0. The van der Waals surface area contributed by atoms with Gasteiger partial charge in [-0.2, -0.15) is 0 Å². The summed E-state index contributed by atoms with van der Waals surface area (Å²) >= 11 is 3.29. The molecule has 0 saturated heterocycles. The smallest absolute Gasteiger partial charge is 0.203 e. The van der Waals surface area contributed by atoms with Crippen molar-refractivity contribution in [1.82, 2.24) is 0 Å². The minimum atomic E-state index is -0.0931. The van der Waals surface area contributed by atoms with E-state index in [9.17, 15) is 4.79 Å². The average Bonchev–Trinajstić information content (AvgIpc) is 2.35. The highest BCUT2D eigenvalue weighted by Gasteiger charge is 2.16. The maximum absolute atomic E-state index is 12.1. The van der Waals surface area contributed by atoms with Crippen molar-refractivity contribution < 1.29 is 14.3 Å². The number of allylic oxidation sites excluding steroid dienone is 2. The van der Waals surface area contributed by atoms with Crippen molar-refractivity contribution in [3.8, 4) is 11.5 Å². The van der Waals surface area contributed by atoms with E-state index in [1.54, 1.807) is 25.3 Å². The van der Waals surface area contributed by atoms with Crippen molar-refractivity contribution in [2.45, 2.75) is 13.8 Å². The Kier molecular flexibility index (Phi) is 4.75. The largest absolute Gasteiger partial charge is 0.497 e. The molecule has 0 aliphatic carbocycles. The van der Waals surface area contributed by atoms with E-state index in [2.05, 4.69) is 15.9 Å². The van der Waals surface area contributed by atoms with E-state index in [-0.39, 0.29) is 5.78 Å². The van der Waals surface area contributed by atoms with Gasteiger partial charge in [-0.25, -0.2) is 0 Å². The molecule has 0 amide bonds. The van der Waals surface area contributed by atoms with Crippen LogP contribution in [-0.4, -0.2) is 20.0 Å². The van der Waals surface area contributed by atoms with Crippen LogP contribution in [0.15, 0.2) is 28.3 Å². The summed E-state index contributed by atoms with van der Waals surface area (Å²) in [6.45, 7) is 3.75. The number of benzene rings is 1. The molecule has 0 aromatic heterocycles. The van der Waals surface area contributed by atoms with E-state index in [4.69, 9.17) is 9.47 Å². The molecule has 0 spiro atoms. The van der Waals surface area contributed by atoms with E-state index in [1.807, 2.05) is 13.8 Å². The van der Waals surface area contributed by atoms with Gasteiger partial charge in [-0.1, -0.05) is 5.57 Å². The third-order valence-electron chi connectivity index (χ3n) is 2.29. The number of methoxy groups -OCH3 is 2. The number of rotatable bonds is 4. The zero-order chi connectivity index (χ0) is 13.0. The van der Waals surface area contributed by atoms with Gasteiger partial charge in [0.15, 0.2) is 0 Å². The molecule has 17 heavy (non-hydrogen) atoms. The summed E-state index contributed by atoms with van der Waals surface area (Å²) in [6.07, 6.45) is 0. The molecule has 1 rings (SSSR count). The molecule has 4 heteroatoms. The lowest BCUT2D eigenvalue weighted by Crippen LogP contribution is -2.03. The lowest BCUT2D eigenvalue weighted by molar-refractivity contribution is 0.104. The number of hydrogen-bond acceptors (Lipinski definition) is 3. The van der Waals surface area contributed by atoms with E-state index in [0.29, 0.717) is 21.5 Å². The van der Waals surface area contributed by atoms with Crippen LogP contribution < -0.4 is 9.47 Å². The Balaban J connectivity index is 3.23. The number of ketones is 1. The van der Waals surface area contributed by atoms with E-state index in [1.165, 1.54) is 7.11 Å². The van der Waals surface area contributed by atoms with E-state index >= 15 is 0 Å². The molecule has 3 nitrogen and oxygen atoms in total. The second-order valence-corrected chi connectivity index (χ2v) is 4.50. The van der Waals surface area contributed by atoms with Gasteiger partial charge in [-0.05, 0) is 41.9 Å². The Labute approximate surface area is 110 Å². The third kappa shape index (κ3) is 3.09. The van der Waals surface area contributed by atoms with Gasteiger partial charge in [0.05, 0.1) is 24.3 Å². The van der Waals surface area contributed by atoms with Crippen LogP contribution in [0.2, 0.25) is 0 Å². The first-order valence-electron chi connectivity index (χ1n) is 5.11. The second kappa shape index (κ2) is 5.87. The lowest BCUT2D eigenvalue weighted by Gasteiger charge is -2.09. The van der Waals surface area contributed by atoms with E-state index < -0.39 is 0 Å². The molecule has 0 aliphatic heterocycles. The molecule has 0 atom stereocenters. The van der Waals surface area contributed by atoms with Crippen LogP contribution in [0.25, 0.3) is 0 Å². The van der Waals surface area contributed by atoms with Gasteiger partial charge in [0.1, 0.15) is 11.5 Å². The van der Waals surface area contributed by atoms with Crippen LogP contribution in [0.3, 0.4) is 0 Å². The highest BCUT2D eigenvalue weighted by atomic mass is 79.9.